The summed E-state index contributed by atoms with van der Waals surface area (Å²) in [5, 5.41) is 0.993. The van der Waals surface area contributed by atoms with Gasteiger partial charge < -0.3 is 18.1 Å². The summed E-state index contributed by atoms with van der Waals surface area (Å²) in [7, 11) is -0.440. The topological polar surface area (TPSA) is 71.4 Å². The van der Waals surface area contributed by atoms with E-state index in [2.05, 4.69) is 96.6 Å². The largest absolute Gasteiger partial charge is 0.496 e. The smallest absolute Gasteiger partial charge is 0.419 e. The normalized spacial score (nSPS) is 12.8. The number of nitrogens with zero attached hydrogens (tertiary/aromatic N) is 3. The Balaban J connectivity index is 1.99. The van der Waals surface area contributed by atoms with Crippen molar-refractivity contribution in [2.24, 2.45) is 0 Å². The molecule has 3 aromatic heterocycles. The third-order valence-electron chi connectivity index (χ3n) is 7.63. The Bertz CT molecular complexity index is 1520. The van der Waals surface area contributed by atoms with Gasteiger partial charge in [0, 0.05) is 27.9 Å². The standard InChI is InChI=1S/C30H39BrIN3O4Si/c1-17(2)40(18(3)4,19(5)6)35-16-21(25-23(35)14-20(31)15-24(25)37-10)26-27(32)33-28(38-26)22-12-11-13-34(22)29(36)39-30(7,8)9/h11-19H,1-10H3. The van der Waals surface area contributed by atoms with Gasteiger partial charge in [0.15, 0.2) is 14.0 Å². The van der Waals surface area contributed by atoms with E-state index in [9.17, 15) is 4.79 Å². The van der Waals surface area contributed by atoms with Gasteiger partial charge in [-0.1, -0.05) is 57.5 Å². The summed E-state index contributed by atoms with van der Waals surface area (Å²) in [5.41, 5.74) is 3.42. The monoisotopic (exact) mass is 739 g/mol. The molecule has 7 nitrogen and oxygen atoms in total. The lowest BCUT2D eigenvalue weighted by Crippen LogP contribution is -2.51. The van der Waals surface area contributed by atoms with Crippen LogP contribution in [-0.2, 0) is 4.74 Å². The first-order chi connectivity index (χ1) is 18.6. The number of hydrogen-bond donors (Lipinski definition) is 0. The molecular weight excluding hydrogens is 701 g/mol. The lowest BCUT2D eigenvalue weighted by molar-refractivity contribution is 0.0539. The van der Waals surface area contributed by atoms with Crippen molar-refractivity contribution in [1.29, 1.82) is 0 Å². The number of methoxy groups -OCH3 is 1. The number of halogens is 2. The lowest BCUT2D eigenvalue weighted by atomic mass is 10.1. The molecule has 0 aliphatic rings. The van der Waals surface area contributed by atoms with E-state index in [1.165, 1.54) is 4.57 Å². The van der Waals surface area contributed by atoms with Gasteiger partial charge in [-0.2, -0.15) is 0 Å². The molecule has 0 aliphatic heterocycles. The quantitative estimate of drug-likeness (QED) is 0.139. The van der Waals surface area contributed by atoms with Crippen LogP contribution in [0.2, 0.25) is 16.6 Å². The van der Waals surface area contributed by atoms with Crippen LogP contribution in [0.25, 0.3) is 33.8 Å². The fourth-order valence-electron chi connectivity index (χ4n) is 6.38. The first kappa shape index (κ1) is 30.9. The highest BCUT2D eigenvalue weighted by Gasteiger charge is 2.46. The zero-order valence-corrected chi connectivity index (χ0v) is 29.7. The molecule has 0 bridgehead atoms. The Morgan fingerprint density at radius 1 is 1.10 bits per heavy atom. The van der Waals surface area contributed by atoms with E-state index in [0.717, 1.165) is 26.7 Å². The van der Waals surface area contributed by atoms with Gasteiger partial charge in [0.2, 0.25) is 5.89 Å². The maximum absolute atomic E-state index is 12.9. The highest BCUT2D eigenvalue weighted by Crippen LogP contribution is 2.49. The molecule has 0 spiro atoms. The Morgan fingerprint density at radius 2 is 1.73 bits per heavy atom. The van der Waals surface area contributed by atoms with E-state index in [0.29, 0.717) is 37.7 Å². The molecular formula is C30H39BrIN3O4Si. The summed E-state index contributed by atoms with van der Waals surface area (Å²) < 4.78 is 23.7. The summed E-state index contributed by atoms with van der Waals surface area (Å²) in [4.78, 5) is 17.7. The van der Waals surface area contributed by atoms with Gasteiger partial charge in [0.05, 0.1) is 12.5 Å². The van der Waals surface area contributed by atoms with E-state index >= 15 is 0 Å². The van der Waals surface area contributed by atoms with Crippen LogP contribution in [-0.4, -0.2) is 40.8 Å². The number of carbonyl (C=O) groups excluding carboxylic acids is 1. The van der Waals surface area contributed by atoms with Crippen LogP contribution in [0.5, 0.6) is 5.75 Å². The van der Waals surface area contributed by atoms with Crippen LogP contribution in [0.15, 0.2) is 45.5 Å². The molecule has 10 heteroatoms. The summed E-state index contributed by atoms with van der Waals surface area (Å²) in [5.74, 6) is 1.77. The second-order valence-corrected chi connectivity index (χ2v) is 19.8. The van der Waals surface area contributed by atoms with Crippen LogP contribution >= 0.6 is 38.5 Å². The highest BCUT2D eigenvalue weighted by atomic mass is 127. The number of ether oxygens (including phenoxy) is 2. The Kier molecular flexibility index (Phi) is 8.74. The van der Waals surface area contributed by atoms with Crippen molar-refractivity contribution in [2.45, 2.75) is 84.5 Å². The van der Waals surface area contributed by atoms with Crippen molar-refractivity contribution in [3.8, 4) is 28.7 Å². The fraction of sp³-hybridized carbons (Fsp3) is 0.467. The number of oxazole rings is 1. The first-order valence-corrected chi connectivity index (χ1v) is 17.6. The van der Waals surface area contributed by atoms with E-state index in [4.69, 9.17) is 18.9 Å². The van der Waals surface area contributed by atoms with Gasteiger partial charge in [-0.3, -0.25) is 0 Å². The zero-order valence-electron chi connectivity index (χ0n) is 24.9. The Hall–Kier alpha value is -2.05. The van der Waals surface area contributed by atoms with E-state index < -0.39 is 19.9 Å². The number of hydrogen-bond acceptors (Lipinski definition) is 5. The van der Waals surface area contributed by atoms with Gasteiger partial charge in [-0.25, -0.2) is 14.3 Å². The molecule has 0 saturated carbocycles. The van der Waals surface area contributed by atoms with Crippen molar-refractivity contribution < 1.29 is 18.7 Å². The Labute approximate surface area is 260 Å². The minimum atomic E-state index is -2.14. The van der Waals surface area contributed by atoms with Gasteiger partial charge in [0.25, 0.3) is 0 Å². The average Bonchev–Trinajstić information content (AvgIpc) is 3.54. The Morgan fingerprint density at radius 3 is 2.27 bits per heavy atom. The highest BCUT2D eigenvalue weighted by molar-refractivity contribution is 14.1. The molecule has 4 aromatic rings. The summed E-state index contributed by atoms with van der Waals surface area (Å²) in [6, 6.07) is 7.78. The molecule has 0 unspecified atom stereocenters. The molecule has 0 N–H and O–H groups in total. The van der Waals surface area contributed by atoms with Crippen LogP contribution in [0.1, 0.15) is 62.3 Å². The van der Waals surface area contributed by atoms with E-state index in [1.54, 1.807) is 19.4 Å². The molecule has 0 aliphatic carbocycles. The molecule has 216 valence electrons. The zero-order chi connectivity index (χ0) is 29.7. The van der Waals surface area contributed by atoms with Crippen molar-refractivity contribution in [3.05, 3.63) is 44.8 Å². The van der Waals surface area contributed by atoms with E-state index in [1.807, 2.05) is 32.9 Å². The number of carbonyl (C=O) groups is 1. The minimum absolute atomic E-state index is 0.354. The number of rotatable bonds is 7. The summed E-state index contributed by atoms with van der Waals surface area (Å²) in [6.45, 7) is 19.7. The molecule has 0 atom stereocenters. The molecule has 0 saturated heterocycles. The molecule has 4 rings (SSSR count). The van der Waals surface area contributed by atoms with Crippen LogP contribution in [0.3, 0.4) is 0 Å². The first-order valence-electron chi connectivity index (χ1n) is 13.6. The second-order valence-electron chi connectivity index (χ2n) is 12.1. The number of aromatic nitrogens is 3. The van der Waals surface area contributed by atoms with Gasteiger partial charge in [-0.05, 0) is 84.3 Å². The van der Waals surface area contributed by atoms with Crippen LogP contribution < -0.4 is 4.74 Å². The second kappa shape index (κ2) is 11.3. The van der Waals surface area contributed by atoms with Gasteiger partial charge in [0.1, 0.15) is 20.7 Å². The predicted octanol–water partition coefficient (Wildman–Crippen LogP) is 9.95. The van der Waals surface area contributed by atoms with Crippen molar-refractivity contribution in [2.75, 3.05) is 7.11 Å². The third-order valence-corrected chi connectivity index (χ3v) is 15.6. The molecule has 1 aromatic carbocycles. The SMILES string of the molecule is COc1cc(Br)cc2c1c(-c1oc(-c3cccn3C(=O)OC(C)(C)C)nc1I)cn2[Si](C(C)C)(C(C)C)C(C)C. The van der Waals surface area contributed by atoms with Crippen molar-refractivity contribution >= 4 is 63.8 Å². The van der Waals surface area contributed by atoms with Gasteiger partial charge >= 0.3 is 6.09 Å². The third kappa shape index (κ3) is 5.31. The molecule has 3 heterocycles. The van der Waals surface area contributed by atoms with Crippen molar-refractivity contribution in [1.82, 2.24) is 13.8 Å². The summed E-state index contributed by atoms with van der Waals surface area (Å²) in [6.07, 6.45) is 3.44. The summed E-state index contributed by atoms with van der Waals surface area (Å²) >= 11 is 5.94. The average molecular weight is 741 g/mol. The molecule has 0 fully saturated rings. The number of fused-ring (bicyclic) bond motifs is 1. The minimum Gasteiger partial charge on any atom is -0.496 e. The van der Waals surface area contributed by atoms with Crippen molar-refractivity contribution in [3.63, 3.8) is 0 Å². The van der Waals surface area contributed by atoms with Crippen LogP contribution in [0, 0.1) is 3.70 Å². The number of benzene rings is 1. The molecule has 40 heavy (non-hydrogen) atoms. The predicted molar refractivity (Wildman–Crippen MR) is 176 cm³/mol. The molecule has 0 radical (unpaired) electrons. The van der Waals surface area contributed by atoms with Crippen LogP contribution in [0.4, 0.5) is 4.79 Å². The maximum atomic E-state index is 12.9. The van der Waals surface area contributed by atoms with E-state index in [-0.39, 0.29) is 0 Å². The molecule has 0 amide bonds. The lowest BCUT2D eigenvalue weighted by Gasteiger charge is -2.44. The fourth-order valence-corrected chi connectivity index (χ4v) is 14.0. The maximum Gasteiger partial charge on any atom is 0.419 e. The van der Waals surface area contributed by atoms with Gasteiger partial charge in [-0.15, -0.1) is 0 Å².